The second kappa shape index (κ2) is 67.6. The minimum atomic E-state index is -0.667. The Morgan fingerprint density at radius 3 is 0.987 bits per heavy atom. The SMILES string of the molecule is CCCCCCCC/C=C\CCCCCCCCCC(=O)OCCCCCCCCCCC/C=C\C/C=C\CCCCCCCCCCCCCC(=O)NC(CO)C(O)CCCCCCCCCCCCCCCCCCC. The van der Waals surface area contributed by atoms with Crippen molar-refractivity contribution in [3.05, 3.63) is 36.5 Å². The molecule has 78 heavy (non-hydrogen) atoms. The first-order chi connectivity index (χ1) is 38.5. The number of allylic oxidation sites excluding steroid dienone is 6. The summed E-state index contributed by atoms with van der Waals surface area (Å²) in [5, 5.41) is 23.4. The number of rotatable bonds is 66. The van der Waals surface area contributed by atoms with Gasteiger partial charge in [-0.3, -0.25) is 9.59 Å². The monoisotopic (exact) mass is 1100 g/mol. The van der Waals surface area contributed by atoms with Gasteiger partial charge in [0.05, 0.1) is 25.4 Å². The van der Waals surface area contributed by atoms with Gasteiger partial charge in [-0.25, -0.2) is 0 Å². The number of carbonyl (C=O) groups is 2. The Balaban J connectivity index is 3.41. The van der Waals surface area contributed by atoms with E-state index in [0.717, 1.165) is 51.4 Å². The number of hydrogen-bond donors (Lipinski definition) is 3. The molecule has 0 radical (unpaired) electrons. The molecule has 0 saturated heterocycles. The van der Waals surface area contributed by atoms with Crippen LogP contribution in [0.15, 0.2) is 36.5 Å². The van der Waals surface area contributed by atoms with E-state index >= 15 is 0 Å². The zero-order chi connectivity index (χ0) is 56.4. The molecule has 0 aliphatic rings. The molecule has 1 amide bonds. The van der Waals surface area contributed by atoms with Gasteiger partial charge in [-0.15, -0.1) is 0 Å². The lowest BCUT2D eigenvalue weighted by atomic mass is 10.0. The Morgan fingerprint density at radius 2 is 0.641 bits per heavy atom. The molecule has 0 aromatic carbocycles. The third-order valence-electron chi connectivity index (χ3n) is 16.4. The number of unbranched alkanes of at least 4 members (excludes halogenated alkanes) is 49. The summed E-state index contributed by atoms with van der Waals surface area (Å²) in [6.45, 7) is 4.97. The van der Waals surface area contributed by atoms with Gasteiger partial charge in [-0.05, 0) is 83.5 Å². The van der Waals surface area contributed by atoms with E-state index in [4.69, 9.17) is 4.74 Å². The number of amides is 1. The van der Waals surface area contributed by atoms with Crippen LogP contribution >= 0.6 is 0 Å². The smallest absolute Gasteiger partial charge is 0.305 e. The average Bonchev–Trinajstić information content (AvgIpc) is 3.44. The van der Waals surface area contributed by atoms with Gasteiger partial charge in [0.2, 0.25) is 5.91 Å². The number of carbonyl (C=O) groups excluding carboxylic acids is 2. The van der Waals surface area contributed by atoms with Crippen molar-refractivity contribution in [1.29, 1.82) is 0 Å². The van der Waals surface area contributed by atoms with E-state index in [1.165, 1.54) is 302 Å². The molecular formula is C72H137NO5. The summed E-state index contributed by atoms with van der Waals surface area (Å²) >= 11 is 0. The van der Waals surface area contributed by atoms with E-state index in [-0.39, 0.29) is 18.5 Å². The third-order valence-corrected chi connectivity index (χ3v) is 16.4. The molecule has 0 spiro atoms. The first-order valence-corrected chi connectivity index (χ1v) is 35.2. The second-order valence-corrected chi connectivity index (χ2v) is 24.2. The van der Waals surface area contributed by atoms with Crippen molar-refractivity contribution in [1.82, 2.24) is 5.32 Å². The standard InChI is InChI=1S/C72H137NO5/c1-3-5-7-9-11-13-15-17-19-32-36-40-44-48-52-56-60-64-70(75)69(68-74)73-71(76)65-61-57-53-49-45-41-37-34-30-28-26-24-22-21-23-25-27-29-31-35-39-43-47-51-55-59-63-67-78-72(77)66-62-58-54-50-46-42-38-33-20-18-16-14-12-10-8-6-4-2/h18,20-22,25,27,69-70,74-75H,3-17,19,23-24,26,28-68H2,1-2H3,(H,73,76)/b20-18-,22-21-,27-25-. The highest BCUT2D eigenvalue weighted by Gasteiger charge is 2.20. The Hall–Kier alpha value is -1.92. The fourth-order valence-corrected chi connectivity index (χ4v) is 11.0. The van der Waals surface area contributed by atoms with E-state index in [1.807, 2.05) is 0 Å². The quantitative estimate of drug-likeness (QED) is 0.0320. The number of ether oxygens (including phenoxy) is 1. The molecule has 0 fully saturated rings. The fourth-order valence-electron chi connectivity index (χ4n) is 11.0. The Bertz CT molecular complexity index is 1260. The van der Waals surface area contributed by atoms with Gasteiger partial charge in [-0.1, -0.05) is 326 Å². The van der Waals surface area contributed by atoms with Crippen molar-refractivity contribution in [2.75, 3.05) is 13.2 Å². The maximum absolute atomic E-state index is 12.5. The Kier molecular flexibility index (Phi) is 65.9. The highest BCUT2D eigenvalue weighted by Crippen LogP contribution is 2.18. The minimum absolute atomic E-state index is 0.00780. The molecule has 0 heterocycles. The van der Waals surface area contributed by atoms with Crippen molar-refractivity contribution in [2.24, 2.45) is 0 Å². The van der Waals surface area contributed by atoms with Gasteiger partial charge in [0.25, 0.3) is 0 Å². The van der Waals surface area contributed by atoms with E-state index in [2.05, 4.69) is 55.6 Å². The molecule has 3 N–H and O–H groups in total. The lowest BCUT2D eigenvalue weighted by molar-refractivity contribution is -0.143. The molecule has 6 nitrogen and oxygen atoms in total. The van der Waals surface area contributed by atoms with E-state index < -0.39 is 12.1 Å². The summed E-state index contributed by atoms with van der Waals surface area (Å²) in [6.07, 6.45) is 86.1. The molecule has 460 valence electrons. The van der Waals surface area contributed by atoms with E-state index in [9.17, 15) is 19.8 Å². The second-order valence-electron chi connectivity index (χ2n) is 24.2. The van der Waals surface area contributed by atoms with Crippen LogP contribution in [0.25, 0.3) is 0 Å². The maximum Gasteiger partial charge on any atom is 0.305 e. The third kappa shape index (κ3) is 63.3. The molecule has 0 saturated carbocycles. The maximum atomic E-state index is 12.5. The van der Waals surface area contributed by atoms with Gasteiger partial charge < -0.3 is 20.3 Å². The summed E-state index contributed by atoms with van der Waals surface area (Å²) in [4.78, 5) is 24.6. The van der Waals surface area contributed by atoms with Crippen LogP contribution in [0.2, 0.25) is 0 Å². The largest absolute Gasteiger partial charge is 0.466 e. The van der Waals surface area contributed by atoms with E-state index in [1.54, 1.807) is 0 Å². The summed E-state index contributed by atoms with van der Waals surface area (Å²) in [5.41, 5.74) is 0. The summed E-state index contributed by atoms with van der Waals surface area (Å²) in [6, 6.07) is -0.545. The van der Waals surface area contributed by atoms with Gasteiger partial charge >= 0.3 is 5.97 Å². The molecule has 0 aliphatic heterocycles. The number of hydrogen-bond acceptors (Lipinski definition) is 5. The van der Waals surface area contributed by atoms with Crippen LogP contribution in [0.4, 0.5) is 0 Å². The molecule has 2 atom stereocenters. The van der Waals surface area contributed by atoms with Gasteiger partial charge in [0, 0.05) is 12.8 Å². The summed E-state index contributed by atoms with van der Waals surface area (Å²) in [5.74, 6) is -0.0275. The molecular weight excluding hydrogens is 959 g/mol. The lowest BCUT2D eigenvalue weighted by Crippen LogP contribution is -2.45. The topological polar surface area (TPSA) is 95.9 Å². The average molecular weight is 1100 g/mol. The molecule has 0 bridgehead atoms. The van der Waals surface area contributed by atoms with Crippen molar-refractivity contribution in [2.45, 2.75) is 398 Å². The van der Waals surface area contributed by atoms with Crippen LogP contribution < -0.4 is 5.32 Å². The van der Waals surface area contributed by atoms with Crippen LogP contribution in [0.5, 0.6) is 0 Å². The molecule has 0 aromatic heterocycles. The van der Waals surface area contributed by atoms with Crippen molar-refractivity contribution < 1.29 is 24.5 Å². The number of nitrogens with one attached hydrogen (secondary N) is 1. The van der Waals surface area contributed by atoms with Crippen molar-refractivity contribution in [3.8, 4) is 0 Å². The van der Waals surface area contributed by atoms with Gasteiger partial charge in [-0.2, -0.15) is 0 Å². The first kappa shape index (κ1) is 76.1. The van der Waals surface area contributed by atoms with Crippen LogP contribution in [0.3, 0.4) is 0 Å². The van der Waals surface area contributed by atoms with Crippen LogP contribution in [-0.2, 0) is 14.3 Å². The van der Waals surface area contributed by atoms with Crippen molar-refractivity contribution >= 4 is 11.9 Å². The highest BCUT2D eigenvalue weighted by molar-refractivity contribution is 5.76. The summed E-state index contributed by atoms with van der Waals surface area (Å²) < 4.78 is 5.50. The zero-order valence-electron chi connectivity index (χ0n) is 52.7. The fraction of sp³-hybridized carbons (Fsp3) is 0.889. The highest BCUT2D eigenvalue weighted by atomic mass is 16.5. The van der Waals surface area contributed by atoms with Gasteiger partial charge in [0.1, 0.15) is 0 Å². The van der Waals surface area contributed by atoms with Crippen LogP contribution in [0.1, 0.15) is 386 Å². The predicted molar refractivity (Wildman–Crippen MR) is 343 cm³/mol. The molecule has 6 heteroatoms. The molecule has 0 aliphatic carbocycles. The molecule has 2 unspecified atom stereocenters. The van der Waals surface area contributed by atoms with Crippen LogP contribution in [0, 0.1) is 0 Å². The number of aliphatic hydroxyl groups is 2. The first-order valence-electron chi connectivity index (χ1n) is 35.2. The number of aliphatic hydroxyl groups excluding tert-OH is 2. The van der Waals surface area contributed by atoms with Crippen LogP contribution in [-0.4, -0.2) is 47.4 Å². The van der Waals surface area contributed by atoms with Crippen molar-refractivity contribution in [3.63, 3.8) is 0 Å². The predicted octanol–water partition coefficient (Wildman–Crippen LogP) is 22.7. The summed E-state index contributed by atoms with van der Waals surface area (Å²) in [7, 11) is 0. The van der Waals surface area contributed by atoms with E-state index in [0.29, 0.717) is 25.9 Å². The van der Waals surface area contributed by atoms with Gasteiger partial charge in [0.15, 0.2) is 0 Å². The zero-order valence-corrected chi connectivity index (χ0v) is 52.7. The molecule has 0 rings (SSSR count). The molecule has 0 aromatic rings. The Labute approximate surface area is 487 Å². The Morgan fingerprint density at radius 1 is 0.359 bits per heavy atom. The lowest BCUT2D eigenvalue weighted by Gasteiger charge is -2.22. The number of esters is 1. The normalized spacial score (nSPS) is 12.7. The minimum Gasteiger partial charge on any atom is -0.466 e.